The van der Waals surface area contributed by atoms with Crippen molar-refractivity contribution in [1.82, 2.24) is 14.8 Å². The van der Waals surface area contributed by atoms with Gasteiger partial charge < -0.3 is 10.1 Å². The van der Waals surface area contributed by atoms with Crippen LogP contribution < -0.4 is 10.1 Å². The van der Waals surface area contributed by atoms with E-state index in [2.05, 4.69) is 15.4 Å². The summed E-state index contributed by atoms with van der Waals surface area (Å²) >= 11 is 5.98. The molecular weight excluding hydrogens is 407 g/mol. The molecule has 4 rings (SSSR count). The molecule has 0 spiro atoms. The molecule has 8 heteroatoms. The molecule has 0 bridgehead atoms. The fourth-order valence-corrected chi connectivity index (χ4v) is 2.94. The van der Waals surface area contributed by atoms with Crippen molar-refractivity contribution in [2.24, 2.45) is 0 Å². The predicted octanol–water partition coefficient (Wildman–Crippen LogP) is 4.99. The summed E-state index contributed by atoms with van der Waals surface area (Å²) < 4.78 is 20.0. The minimum atomic E-state index is -0.476. The van der Waals surface area contributed by atoms with Crippen molar-refractivity contribution < 1.29 is 13.9 Å². The minimum Gasteiger partial charge on any atom is -0.497 e. The zero-order valence-corrected chi connectivity index (χ0v) is 16.6. The number of amides is 1. The van der Waals surface area contributed by atoms with E-state index in [0.29, 0.717) is 33.5 Å². The molecule has 30 heavy (non-hydrogen) atoms. The summed E-state index contributed by atoms with van der Waals surface area (Å²) in [4.78, 5) is 17.1. The number of methoxy groups -OCH3 is 1. The molecule has 0 aliphatic heterocycles. The summed E-state index contributed by atoms with van der Waals surface area (Å²) in [5.41, 5.74) is 1.85. The second kappa shape index (κ2) is 8.34. The molecule has 6 nitrogen and oxygen atoms in total. The van der Waals surface area contributed by atoms with Gasteiger partial charge in [-0.15, -0.1) is 5.10 Å². The van der Waals surface area contributed by atoms with Crippen LogP contribution in [0.5, 0.6) is 5.75 Å². The normalized spacial score (nSPS) is 10.6. The number of anilines is 1. The Morgan fingerprint density at radius 2 is 1.67 bits per heavy atom. The highest BCUT2D eigenvalue weighted by molar-refractivity contribution is 6.30. The number of carbonyl (C=O) groups excluding carboxylic acids is 1. The number of aromatic nitrogens is 3. The molecule has 0 atom stereocenters. The van der Waals surface area contributed by atoms with Crippen LogP contribution in [-0.4, -0.2) is 27.8 Å². The van der Waals surface area contributed by atoms with Crippen molar-refractivity contribution >= 4 is 23.2 Å². The number of ether oxygens (including phenoxy) is 1. The number of halogens is 2. The van der Waals surface area contributed by atoms with Gasteiger partial charge in [0.1, 0.15) is 11.6 Å². The van der Waals surface area contributed by atoms with Gasteiger partial charge in [0.15, 0.2) is 5.82 Å². The minimum absolute atomic E-state index is 0.0277. The van der Waals surface area contributed by atoms with Crippen molar-refractivity contribution in [3.05, 3.63) is 89.5 Å². The van der Waals surface area contributed by atoms with Gasteiger partial charge in [0.05, 0.1) is 12.8 Å². The third-order valence-electron chi connectivity index (χ3n) is 4.33. The second-order valence-electron chi connectivity index (χ2n) is 6.34. The lowest BCUT2D eigenvalue weighted by molar-refractivity contribution is 0.101. The molecule has 1 heterocycles. The van der Waals surface area contributed by atoms with E-state index in [1.807, 2.05) is 0 Å². The first-order chi connectivity index (χ1) is 14.5. The van der Waals surface area contributed by atoms with Gasteiger partial charge in [0.2, 0.25) is 5.82 Å². The van der Waals surface area contributed by atoms with E-state index in [1.54, 1.807) is 67.8 Å². The van der Waals surface area contributed by atoms with Gasteiger partial charge in [0, 0.05) is 16.3 Å². The highest BCUT2D eigenvalue weighted by Gasteiger charge is 2.19. The maximum atomic E-state index is 13.4. The molecule has 0 saturated carbocycles. The van der Waals surface area contributed by atoms with E-state index in [9.17, 15) is 9.18 Å². The smallest absolute Gasteiger partial charge is 0.295 e. The Morgan fingerprint density at radius 3 is 2.30 bits per heavy atom. The van der Waals surface area contributed by atoms with Crippen LogP contribution in [0.25, 0.3) is 17.1 Å². The third-order valence-corrected chi connectivity index (χ3v) is 4.58. The lowest BCUT2D eigenvalue weighted by Crippen LogP contribution is -2.14. The van der Waals surface area contributed by atoms with Crippen LogP contribution in [0.4, 0.5) is 10.1 Å². The summed E-state index contributed by atoms with van der Waals surface area (Å²) in [6.45, 7) is 0. The molecule has 3 aromatic carbocycles. The van der Waals surface area contributed by atoms with E-state index >= 15 is 0 Å². The first-order valence-electron chi connectivity index (χ1n) is 8.98. The molecule has 0 unspecified atom stereocenters. The SMILES string of the molecule is COc1ccc(NC(=O)c2nc(-c3ccc(F)cc3)n(-c3ccc(Cl)cc3)n2)cc1. The van der Waals surface area contributed by atoms with Crippen molar-refractivity contribution in [3.63, 3.8) is 0 Å². The monoisotopic (exact) mass is 422 g/mol. The molecule has 0 radical (unpaired) electrons. The van der Waals surface area contributed by atoms with Crippen molar-refractivity contribution in [1.29, 1.82) is 0 Å². The second-order valence-corrected chi connectivity index (χ2v) is 6.77. The lowest BCUT2D eigenvalue weighted by Gasteiger charge is -2.06. The van der Waals surface area contributed by atoms with E-state index in [0.717, 1.165) is 0 Å². The quantitative estimate of drug-likeness (QED) is 0.492. The fraction of sp³-hybridized carbons (Fsp3) is 0.0455. The molecule has 4 aromatic rings. The van der Waals surface area contributed by atoms with E-state index in [1.165, 1.54) is 16.8 Å². The van der Waals surface area contributed by atoms with Crippen LogP contribution in [0.15, 0.2) is 72.8 Å². The lowest BCUT2D eigenvalue weighted by atomic mass is 10.2. The van der Waals surface area contributed by atoms with Gasteiger partial charge in [-0.2, -0.15) is 0 Å². The molecule has 1 aromatic heterocycles. The Balaban J connectivity index is 1.71. The Labute approximate surface area is 176 Å². The zero-order chi connectivity index (χ0) is 21.1. The van der Waals surface area contributed by atoms with E-state index in [-0.39, 0.29) is 11.6 Å². The molecular formula is C22H16ClFN4O2. The number of hydrogen-bond acceptors (Lipinski definition) is 4. The number of benzene rings is 3. The molecule has 0 aliphatic rings. The number of rotatable bonds is 5. The van der Waals surface area contributed by atoms with E-state index < -0.39 is 5.91 Å². The van der Waals surface area contributed by atoms with Gasteiger partial charge in [-0.1, -0.05) is 11.6 Å². The van der Waals surface area contributed by atoms with Crippen LogP contribution >= 0.6 is 11.6 Å². The topological polar surface area (TPSA) is 69.0 Å². The van der Waals surface area contributed by atoms with Gasteiger partial charge in [0.25, 0.3) is 5.91 Å². The van der Waals surface area contributed by atoms with Gasteiger partial charge in [-0.3, -0.25) is 4.79 Å². The number of nitrogens with zero attached hydrogens (tertiary/aromatic N) is 3. The first kappa shape index (κ1) is 19.6. The number of nitrogens with one attached hydrogen (secondary N) is 1. The van der Waals surface area contributed by atoms with Crippen LogP contribution in [0, 0.1) is 5.82 Å². The summed E-state index contributed by atoms with van der Waals surface area (Å²) in [7, 11) is 1.57. The predicted molar refractivity (Wildman–Crippen MR) is 113 cm³/mol. The Bertz CT molecular complexity index is 1110. The van der Waals surface area contributed by atoms with Gasteiger partial charge in [-0.25, -0.2) is 14.1 Å². The van der Waals surface area contributed by atoms with Crippen molar-refractivity contribution in [3.8, 4) is 22.8 Å². The zero-order valence-electron chi connectivity index (χ0n) is 15.8. The van der Waals surface area contributed by atoms with Crippen LogP contribution in [0.3, 0.4) is 0 Å². The summed E-state index contributed by atoms with van der Waals surface area (Å²) in [6.07, 6.45) is 0. The molecule has 0 saturated heterocycles. The molecule has 1 N–H and O–H groups in total. The standard InChI is InChI=1S/C22H16ClFN4O2/c1-30-19-12-8-17(9-13-19)25-22(29)20-26-21(14-2-6-16(24)7-3-14)28(27-20)18-10-4-15(23)5-11-18/h2-13H,1H3,(H,25,29). The molecule has 0 fully saturated rings. The third kappa shape index (κ3) is 4.16. The summed E-state index contributed by atoms with van der Waals surface area (Å²) in [5, 5.41) is 7.70. The highest BCUT2D eigenvalue weighted by Crippen LogP contribution is 2.23. The highest BCUT2D eigenvalue weighted by atomic mass is 35.5. The molecule has 150 valence electrons. The molecule has 1 amide bonds. The number of carbonyl (C=O) groups is 1. The summed E-state index contributed by atoms with van der Waals surface area (Å²) in [5.74, 6) is 0.207. The number of hydrogen-bond donors (Lipinski definition) is 1. The van der Waals surface area contributed by atoms with Gasteiger partial charge >= 0.3 is 0 Å². The summed E-state index contributed by atoms with van der Waals surface area (Å²) in [6, 6.07) is 19.7. The maximum absolute atomic E-state index is 13.4. The van der Waals surface area contributed by atoms with Crippen molar-refractivity contribution in [2.45, 2.75) is 0 Å². The van der Waals surface area contributed by atoms with Crippen LogP contribution in [-0.2, 0) is 0 Å². The van der Waals surface area contributed by atoms with Crippen LogP contribution in [0.1, 0.15) is 10.6 Å². The maximum Gasteiger partial charge on any atom is 0.295 e. The van der Waals surface area contributed by atoms with Crippen LogP contribution in [0.2, 0.25) is 5.02 Å². The Kier molecular flexibility index (Phi) is 5.45. The first-order valence-corrected chi connectivity index (χ1v) is 9.35. The van der Waals surface area contributed by atoms with E-state index in [4.69, 9.17) is 16.3 Å². The average Bonchev–Trinajstić information content (AvgIpc) is 3.21. The Morgan fingerprint density at radius 1 is 1.00 bits per heavy atom. The average molecular weight is 423 g/mol. The van der Waals surface area contributed by atoms with Gasteiger partial charge in [-0.05, 0) is 72.8 Å². The molecule has 0 aliphatic carbocycles. The largest absolute Gasteiger partial charge is 0.497 e. The Hall–Kier alpha value is -3.71. The fourth-order valence-electron chi connectivity index (χ4n) is 2.82. The van der Waals surface area contributed by atoms with Crippen molar-refractivity contribution in [2.75, 3.05) is 12.4 Å².